The van der Waals surface area contributed by atoms with E-state index in [1.165, 1.54) is 0 Å². The van der Waals surface area contributed by atoms with Gasteiger partial charge in [0.15, 0.2) is 0 Å². The second-order valence-corrected chi connectivity index (χ2v) is 4.64. The third-order valence-electron chi connectivity index (χ3n) is 1.83. The second-order valence-electron chi connectivity index (χ2n) is 4.64. The van der Waals surface area contributed by atoms with Crippen molar-refractivity contribution in [3.63, 3.8) is 0 Å². The van der Waals surface area contributed by atoms with Crippen LogP contribution in [0.25, 0.3) is 4.85 Å². The van der Waals surface area contributed by atoms with Gasteiger partial charge in [0.1, 0.15) is 5.60 Å². The highest BCUT2D eigenvalue weighted by atomic mass is 16.6. The number of hydrogen-bond donors (Lipinski definition) is 1. The van der Waals surface area contributed by atoms with E-state index in [1.807, 2.05) is 26.8 Å². The molecule has 0 saturated carbocycles. The number of nitrogens with one attached hydrogen (secondary N) is 1. The molecule has 0 aliphatic carbocycles. The van der Waals surface area contributed by atoms with E-state index < -0.39 is 11.7 Å². The monoisotopic (exact) mass is 232 g/mol. The number of carbonyl (C=O) groups excluding carboxylic acids is 1. The van der Waals surface area contributed by atoms with Crippen molar-refractivity contribution in [3.8, 4) is 0 Å². The van der Waals surface area contributed by atoms with Crippen molar-refractivity contribution in [2.75, 3.05) is 5.32 Å². The van der Waals surface area contributed by atoms with Crippen LogP contribution in [0.4, 0.5) is 10.5 Å². The van der Waals surface area contributed by atoms with Crippen LogP contribution in [-0.4, -0.2) is 11.7 Å². The maximum atomic E-state index is 11.5. The molecule has 0 saturated heterocycles. The van der Waals surface area contributed by atoms with E-state index in [0.29, 0.717) is 12.2 Å². The van der Waals surface area contributed by atoms with Crippen LogP contribution in [0.3, 0.4) is 0 Å². The first-order chi connectivity index (χ1) is 7.90. The van der Waals surface area contributed by atoms with Gasteiger partial charge in [-0.05, 0) is 32.9 Å². The highest BCUT2D eigenvalue weighted by Gasteiger charge is 2.16. The Hall–Kier alpha value is -2.02. The van der Waals surface area contributed by atoms with Crippen molar-refractivity contribution in [3.05, 3.63) is 41.2 Å². The number of hydrogen-bond acceptors (Lipinski definition) is 2. The van der Waals surface area contributed by atoms with E-state index in [-0.39, 0.29) is 0 Å². The minimum atomic E-state index is -0.516. The van der Waals surface area contributed by atoms with Crippen LogP contribution in [0.15, 0.2) is 24.3 Å². The quantitative estimate of drug-likeness (QED) is 0.793. The van der Waals surface area contributed by atoms with Gasteiger partial charge in [-0.1, -0.05) is 12.1 Å². The molecule has 1 aromatic carbocycles. The highest BCUT2D eigenvalue weighted by Crippen LogP contribution is 2.14. The summed E-state index contributed by atoms with van der Waals surface area (Å²) in [4.78, 5) is 14.8. The first-order valence-corrected chi connectivity index (χ1v) is 5.33. The van der Waals surface area contributed by atoms with Crippen molar-refractivity contribution in [1.29, 1.82) is 0 Å². The Morgan fingerprint density at radius 3 is 2.76 bits per heavy atom. The molecular formula is C13H16N2O2. The molecule has 1 amide bonds. The summed E-state index contributed by atoms with van der Waals surface area (Å²) in [7, 11) is 0. The fraction of sp³-hybridized carbons (Fsp3) is 0.385. The van der Waals surface area contributed by atoms with Crippen LogP contribution in [-0.2, 0) is 11.3 Å². The van der Waals surface area contributed by atoms with Crippen molar-refractivity contribution in [2.45, 2.75) is 32.9 Å². The summed E-state index contributed by atoms with van der Waals surface area (Å²) in [5, 5.41) is 2.63. The van der Waals surface area contributed by atoms with Gasteiger partial charge in [0.05, 0.1) is 0 Å². The zero-order chi connectivity index (χ0) is 12.9. The molecule has 1 N–H and O–H groups in total. The van der Waals surface area contributed by atoms with Crippen molar-refractivity contribution < 1.29 is 9.53 Å². The van der Waals surface area contributed by atoms with Crippen molar-refractivity contribution >= 4 is 11.8 Å². The molecule has 4 nitrogen and oxygen atoms in total. The smallest absolute Gasteiger partial charge is 0.412 e. The fourth-order valence-electron chi connectivity index (χ4n) is 1.26. The standard InChI is InChI=1S/C13H16N2O2/c1-13(2,3)17-12(16)15-11-7-5-6-10(8-11)9-14-4/h5-8H,9H2,1-3H3,(H,15,16). The third-order valence-corrected chi connectivity index (χ3v) is 1.83. The Morgan fingerprint density at radius 2 is 2.18 bits per heavy atom. The lowest BCUT2D eigenvalue weighted by atomic mass is 10.2. The largest absolute Gasteiger partial charge is 0.444 e. The van der Waals surface area contributed by atoms with Gasteiger partial charge >= 0.3 is 6.09 Å². The molecule has 0 radical (unpaired) electrons. The lowest BCUT2D eigenvalue weighted by Gasteiger charge is -2.19. The minimum Gasteiger partial charge on any atom is -0.444 e. The summed E-state index contributed by atoms with van der Waals surface area (Å²) in [5.41, 5.74) is 0.993. The molecule has 0 fully saturated rings. The first-order valence-electron chi connectivity index (χ1n) is 5.33. The van der Waals surface area contributed by atoms with Gasteiger partial charge in [-0.3, -0.25) is 5.32 Å². The molecule has 0 heterocycles. The molecule has 4 heteroatoms. The van der Waals surface area contributed by atoms with Crippen LogP contribution in [0, 0.1) is 6.57 Å². The fourth-order valence-corrected chi connectivity index (χ4v) is 1.26. The molecule has 0 aromatic heterocycles. The van der Waals surface area contributed by atoms with Crippen LogP contribution < -0.4 is 5.32 Å². The maximum absolute atomic E-state index is 11.5. The molecular weight excluding hydrogens is 216 g/mol. The Labute approximate surface area is 101 Å². The van der Waals surface area contributed by atoms with Gasteiger partial charge in [-0.2, -0.15) is 0 Å². The summed E-state index contributed by atoms with van der Waals surface area (Å²) in [6.45, 7) is 12.5. The summed E-state index contributed by atoms with van der Waals surface area (Å²) in [6, 6.07) is 7.17. The summed E-state index contributed by atoms with van der Waals surface area (Å²) < 4.78 is 5.13. The number of nitrogens with zero attached hydrogens (tertiary/aromatic N) is 1. The van der Waals surface area contributed by atoms with E-state index in [9.17, 15) is 4.79 Å². The summed E-state index contributed by atoms with van der Waals surface area (Å²) in [6.07, 6.45) is -0.488. The van der Waals surface area contributed by atoms with Crippen LogP contribution in [0.5, 0.6) is 0 Å². The molecule has 1 aromatic rings. The van der Waals surface area contributed by atoms with E-state index in [2.05, 4.69) is 10.2 Å². The molecule has 0 aliphatic rings. The molecule has 0 aliphatic heterocycles. The molecule has 0 atom stereocenters. The van der Waals surface area contributed by atoms with Gasteiger partial charge in [-0.15, -0.1) is 0 Å². The Bertz CT molecular complexity index is 441. The lowest BCUT2D eigenvalue weighted by Crippen LogP contribution is -2.27. The first kappa shape index (κ1) is 13.0. The average Bonchev–Trinajstić information content (AvgIpc) is 2.15. The molecule has 0 bridgehead atoms. The average molecular weight is 232 g/mol. The number of rotatable bonds is 2. The number of carbonyl (C=O) groups is 1. The number of amides is 1. The molecule has 0 spiro atoms. The number of anilines is 1. The highest BCUT2D eigenvalue weighted by molar-refractivity contribution is 5.84. The van der Waals surface area contributed by atoms with Crippen LogP contribution in [0.1, 0.15) is 26.3 Å². The van der Waals surface area contributed by atoms with Crippen molar-refractivity contribution in [1.82, 2.24) is 0 Å². The zero-order valence-corrected chi connectivity index (χ0v) is 10.3. The van der Waals surface area contributed by atoms with Gasteiger partial charge < -0.3 is 9.58 Å². The second kappa shape index (κ2) is 5.35. The topological polar surface area (TPSA) is 42.7 Å². The van der Waals surface area contributed by atoms with E-state index in [4.69, 9.17) is 11.3 Å². The molecule has 17 heavy (non-hydrogen) atoms. The predicted molar refractivity (Wildman–Crippen MR) is 66.6 cm³/mol. The minimum absolute atomic E-state index is 0.309. The van der Waals surface area contributed by atoms with Crippen LogP contribution in [0.2, 0.25) is 0 Å². The lowest BCUT2D eigenvalue weighted by molar-refractivity contribution is 0.0636. The maximum Gasteiger partial charge on any atom is 0.412 e. The van der Waals surface area contributed by atoms with Gasteiger partial charge in [-0.25, -0.2) is 11.4 Å². The predicted octanol–water partition coefficient (Wildman–Crippen LogP) is 3.45. The number of ether oxygens (including phenoxy) is 1. The normalized spacial score (nSPS) is 10.5. The van der Waals surface area contributed by atoms with E-state index in [0.717, 1.165) is 5.56 Å². The van der Waals surface area contributed by atoms with Crippen molar-refractivity contribution in [2.24, 2.45) is 0 Å². The molecule has 0 unspecified atom stereocenters. The Morgan fingerprint density at radius 1 is 1.47 bits per heavy atom. The third kappa shape index (κ3) is 5.03. The molecule has 90 valence electrons. The van der Waals surface area contributed by atoms with Gasteiger partial charge in [0.2, 0.25) is 6.54 Å². The Kier molecular flexibility index (Phi) is 4.11. The summed E-state index contributed by atoms with van der Waals surface area (Å²) in [5.74, 6) is 0. The van der Waals surface area contributed by atoms with E-state index in [1.54, 1.807) is 18.2 Å². The summed E-state index contributed by atoms with van der Waals surface area (Å²) >= 11 is 0. The molecule has 1 rings (SSSR count). The van der Waals surface area contributed by atoms with Gasteiger partial charge in [0.25, 0.3) is 0 Å². The van der Waals surface area contributed by atoms with Gasteiger partial charge in [0, 0.05) is 11.3 Å². The zero-order valence-electron chi connectivity index (χ0n) is 10.3. The van der Waals surface area contributed by atoms with E-state index >= 15 is 0 Å². The Balaban J connectivity index is 2.66. The number of benzene rings is 1. The SMILES string of the molecule is [C-]#[N+]Cc1cccc(NC(=O)OC(C)(C)C)c1. The van der Waals surface area contributed by atoms with Crippen LogP contribution >= 0.6 is 0 Å².